The van der Waals surface area contributed by atoms with Gasteiger partial charge in [-0.1, -0.05) is 0 Å². The molecule has 30 heavy (non-hydrogen) atoms. The van der Waals surface area contributed by atoms with Gasteiger partial charge in [0.2, 0.25) is 0 Å². The van der Waals surface area contributed by atoms with Gasteiger partial charge in [0.15, 0.2) is 0 Å². The van der Waals surface area contributed by atoms with Gasteiger partial charge in [-0.05, 0) is 69.3 Å². The number of aromatic nitrogens is 1. The van der Waals surface area contributed by atoms with Gasteiger partial charge in [-0.2, -0.15) is 0 Å². The number of carbonyl (C=O) groups excluding carboxylic acids is 1. The molecule has 0 aliphatic rings. The Labute approximate surface area is 173 Å². The Morgan fingerprint density at radius 2 is 1.80 bits per heavy atom. The van der Waals surface area contributed by atoms with Crippen LogP contribution >= 0.6 is 0 Å². The number of rotatable bonds is 6. The van der Waals surface area contributed by atoms with Crippen LogP contribution < -0.4 is 0 Å². The second kappa shape index (κ2) is 8.65. The lowest BCUT2D eigenvalue weighted by atomic mass is 10.2. The smallest absolute Gasteiger partial charge is 0.339 e. The molecule has 7 heteroatoms. The summed E-state index contributed by atoms with van der Waals surface area (Å²) in [7, 11) is 0. The highest BCUT2D eigenvalue weighted by molar-refractivity contribution is 5.92. The number of aliphatic imine (C=N–C) groups is 1. The summed E-state index contributed by atoms with van der Waals surface area (Å²) in [6.45, 7) is 6.01. The van der Waals surface area contributed by atoms with Gasteiger partial charge in [0.05, 0.1) is 17.9 Å². The van der Waals surface area contributed by atoms with Crippen LogP contribution in [0.4, 0.5) is 5.69 Å². The fourth-order valence-corrected chi connectivity index (χ4v) is 3.20. The molecule has 7 nitrogen and oxygen atoms in total. The molecule has 1 heterocycles. The zero-order valence-electron chi connectivity index (χ0n) is 16.9. The van der Waals surface area contributed by atoms with E-state index in [4.69, 9.17) is 9.84 Å². The van der Waals surface area contributed by atoms with Crippen molar-refractivity contribution in [1.82, 2.24) is 4.57 Å². The summed E-state index contributed by atoms with van der Waals surface area (Å²) in [4.78, 5) is 27.4. The van der Waals surface area contributed by atoms with Crippen molar-refractivity contribution in [2.24, 2.45) is 4.99 Å². The standard InChI is InChI=1S/C23H22N2O5/c1-4-30-23(29)16-5-8-19(9-6-16)25-14(2)11-17(15(25)3)13-24-18-7-10-21(26)20(12-18)22(27)28/h5-13,26H,4H2,1-3H3,(H,27,28). The Bertz CT molecular complexity index is 1130. The SMILES string of the molecule is CCOC(=O)c1ccc(-n2c(C)cc(C=Nc3ccc(O)c(C(=O)O)c3)c2C)cc1. The summed E-state index contributed by atoms with van der Waals surface area (Å²) >= 11 is 0. The maximum absolute atomic E-state index is 11.8. The average molecular weight is 406 g/mol. The summed E-state index contributed by atoms with van der Waals surface area (Å²) in [6, 6.07) is 13.3. The van der Waals surface area contributed by atoms with Crippen LogP contribution in [0.25, 0.3) is 5.69 Å². The van der Waals surface area contributed by atoms with Gasteiger partial charge in [-0.25, -0.2) is 9.59 Å². The molecule has 2 N–H and O–H groups in total. The quantitative estimate of drug-likeness (QED) is 0.466. The first kappa shape index (κ1) is 20.9. The summed E-state index contributed by atoms with van der Waals surface area (Å²) in [5, 5.41) is 18.7. The first-order chi connectivity index (χ1) is 14.3. The van der Waals surface area contributed by atoms with Crippen molar-refractivity contribution in [3.63, 3.8) is 0 Å². The number of carboxylic acid groups (broad SMARTS) is 1. The average Bonchev–Trinajstić information content (AvgIpc) is 3.00. The van der Waals surface area contributed by atoms with Crippen LogP contribution in [-0.2, 0) is 4.74 Å². The lowest BCUT2D eigenvalue weighted by molar-refractivity contribution is 0.0525. The third-order valence-electron chi connectivity index (χ3n) is 4.67. The van der Waals surface area contributed by atoms with E-state index in [0.717, 1.165) is 22.6 Å². The minimum absolute atomic E-state index is 0.197. The molecule has 0 amide bonds. The van der Waals surface area contributed by atoms with Crippen molar-refractivity contribution >= 4 is 23.8 Å². The van der Waals surface area contributed by atoms with Crippen molar-refractivity contribution in [3.8, 4) is 11.4 Å². The van der Waals surface area contributed by atoms with E-state index in [9.17, 15) is 14.7 Å². The summed E-state index contributed by atoms with van der Waals surface area (Å²) in [5.74, 6) is -1.87. The predicted octanol–water partition coefficient (Wildman–Crippen LogP) is 4.43. The number of phenols is 1. The molecule has 0 saturated carbocycles. The highest BCUT2D eigenvalue weighted by Crippen LogP contribution is 2.25. The maximum Gasteiger partial charge on any atom is 0.339 e. The minimum Gasteiger partial charge on any atom is -0.507 e. The molecule has 0 aliphatic carbocycles. The van der Waals surface area contributed by atoms with E-state index in [1.807, 2.05) is 36.6 Å². The first-order valence-corrected chi connectivity index (χ1v) is 9.38. The number of aromatic carboxylic acids is 1. The molecule has 1 aromatic heterocycles. The Hall–Kier alpha value is -3.87. The zero-order valence-corrected chi connectivity index (χ0v) is 16.9. The van der Waals surface area contributed by atoms with Crippen molar-refractivity contribution in [1.29, 1.82) is 0 Å². The molecule has 0 aliphatic heterocycles. The summed E-state index contributed by atoms with van der Waals surface area (Å²) in [5.41, 5.74) is 4.41. The Kier molecular flexibility index (Phi) is 6.01. The molecule has 3 aromatic rings. The van der Waals surface area contributed by atoms with Crippen LogP contribution in [0.5, 0.6) is 5.75 Å². The zero-order chi connectivity index (χ0) is 21.8. The van der Waals surface area contributed by atoms with Crippen molar-refractivity contribution in [2.45, 2.75) is 20.8 Å². The van der Waals surface area contributed by atoms with Crippen LogP contribution in [0.2, 0.25) is 0 Å². The number of carboxylic acids is 1. The van der Waals surface area contributed by atoms with Crippen molar-refractivity contribution in [3.05, 3.63) is 76.6 Å². The van der Waals surface area contributed by atoms with E-state index in [-0.39, 0.29) is 17.3 Å². The van der Waals surface area contributed by atoms with Gasteiger partial charge in [0.25, 0.3) is 0 Å². The predicted molar refractivity (Wildman–Crippen MR) is 114 cm³/mol. The number of ether oxygens (including phenoxy) is 1. The molecule has 0 atom stereocenters. The fourth-order valence-electron chi connectivity index (χ4n) is 3.20. The minimum atomic E-state index is -1.21. The van der Waals surface area contributed by atoms with Crippen LogP contribution in [0.3, 0.4) is 0 Å². The summed E-state index contributed by atoms with van der Waals surface area (Å²) < 4.78 is 7.05. The van der Waals surface area contributed by atoms with E-state index in [1.165, 1.54) is 12.1 Å². The molecule has 154 valence electrons. The highest BCUT2D eigenvalue weighted by Gasteiger charge is 2.12. The first-order valence-electron chi connectivity index (χ1n) is 9.38. The maximum atomic E-state index is 11.8. The highest BCUT2D eigenvalue weighted by atomic mass is 16.5. The molecule has 0 radical (unpaired) electrons. The van der Waals surface area contributed by atoms with E-state index < -0.39 is 5.97 Å². The van der Waals surface area contributed by atoms with Gasteiger partial charge in [-0.3, -0.25) is 4.99 Å². The second-order valence-corrected chi connectivity index (χ2v) is 6.69. The van der Waals surface area contributed by atoms with Gasteiger partial charge >= 0.3 is 11.9 Å². The van der Waals surface area contributed by atoms with E-state index in [2.05, 4.69) is 4.99 Å². The lowest BCUT2D eigenvalue weighted by Crippen LogP contribution is -2.05. The molecule has 2 aromatic carbocycles. The topological polar surface area (TPSA) is 101 Å². The van der Waals surface area contributed by atoms with Crippen LogP contribution in [-0.4, -0.2) is 39.5 Å². The van der Waals surface area contributed by atoms with E-state index in [0.29, 0.717) is 17.9 Å². The van der Waals surface area contributed by atoms with E-state index in [1.54, 1.807) is 31.3 Å². The molecular formula is C23H22N2O5. The van der Waals surface area contributed by atoms with Gasteiger partial charge in [0, 0.05) is 28.9 Å². The fraction of sp³-hybridized carbons (Fsp3) is 0.174. The number of aromatic hydroxyl groups is 1. The Morgan fingerprint density at radius 1 is 1.10 bits per heavy atom. The molecule has 0 fully saturated rings. The number of hydrogen-bond donors (Lipinski definition) is 2. The monoisotopic (exact) mass is 406 g/mol. The van der Waals surface area contributed by atoms with Crippen LogP contribution in [0.15, 0.2) is 53.5 Å². The molecule has 3 rings (SSSR count). The molecular weight excluding hydrogens is 384 g/mol. The number of aryl methyl sites for hydroxylation is 1. The number of nitrogens with zero attached hydrogens (tertiary/aromatic N) is 2. The van der Waals surface area contributed by atoms with Crippen molar-refractivity contribution in [2.75, 3.05) is 6.61 Å². The molecule has 0 unspecified atom stereocenters. The largest absolute Gasteiger partial charge is 0.507 e. The normalized spacial score (nSPS) is 11.0. The van der Waals surface area contributed by atoms with Crippen LogP contribution in [0.1, 0.15) is 44.6 Å². The molecule has 0 spiro atoms. The van der Waals surface area contributed by atoms with Crippen molar-refractivity contribution < 1.29 is 24.5 Å². The number of esters is 1. The van der Waals surface area contributed by atoms with E-state index >= 15 is 0 Å². The molecule has 0 saturated heterocycles. The Balaban J connectivity index is 1.89. The molecule has 0 bridgehead atoms. The second-order valence-electron chi connectivity index (χ2n) is 6.69. The lowest BCUT2D eigenvalue weighted by Gasteiger charge is -2.10. The third-order valence-corrected chi connectivity index (χ3v) is 4.67. The Morgan fingerprint density at radius 3 is 2.43 bits per heavy atom. The third kappa shape index (κ3) is 4.25. The van der Waals surface area contributed by atoms with Crippen LogP contribution in [0, 0.1) is 13.8 Å². The van der Waals surface area contributed by atoms with Gasteiger partial charge in [0.1, 0.15) is 11.3 Å². The van der Waals surface area contributed by atoms with Gasteiger partial charge in [-0.15, -0.1) is 0 Å². The number of benzene rings is 2. The number of hydrogen-bond acceptors (Lipinski definition) is 5. The summed E-state index contributed by atoms with van der Waals surface area (Å²) in [6.07, 6.45) is 1.66. The van der Waals surface area contributed by atoms with Gasteiger partial charge < -0.3 is 19.5 Å². The number of carbonyl (C=O) groups is 2.